The lowest BCUT2D eigenvalue weighted by atomic mass is 9.99. The van der Waals surface area contributed by atoms with E-state index in [0.29, 0.717) is 70.6 Å². The molecule has 45 heteroatoms. The maximum absolute atomic E-state index is 16.0. The summed E-state index contributed by atoms with van der Waals surface area (Å²) < 4.78 is 0. The van der Waals surface area contributed by atoms with Crippen molar-refractivity contribution in [1.29, 1.82) is 5.41 Å². The van der Waals surface area contributed by atoms with E-state index < -0.39 is 223 Å². The highest BCUT2D eigenvalue weighted by Crippen LogP contribution is 2.27. The number of aromatic amines is 4. The van der Waals surface area contributed by atoms with E-state index in [0.717, 1.165) is 21.6 Å². The number of rotatable bonds is 29. The van der Waals surface area contributed by atoms with E-state index in [1.807, 2.05) is 13.8 Å². The van der Waals surface area contributed by atoms with Crippen LogP contribution in [0.25, 0.3) is 21.8 Å². The summed E-state index contributed by atoms with van der Waals surface area (Å²) in [6.45, 7) is 6.70. The first-order chi connectivity index (χ1) is 66.0. The van der Waals surface area contributed by atoms with E-state index in [1.54, 1.807) is 105 Å². The summed E-state index contributed by atoms with van der Waals surface area (Å²) >= 11 is 0.825. The van der Waals surface area contributed by atoms with Gasteiger partial charge in [-0.3, -0.25) is 86.9 Å². The predicted molar refractivity (Wildman–Crippen MR) is 511 cm³/mol. The molecule has 14 atom stereocenters. The summed E-state index contributed by atoms with van der Waals surface area (Å²) in [5.74, 6) is -17.4. The molecule has 0 radical (unpaired) electrons. The van der Waals surface area contributed by atoms with E-state index in [4.69, 9.17) is 22.6 Å². The van der Waals surface area contributed by atoms with Crippen molar-refractivity contribution >= 4 is 140 Å². The largest absolute Gasteiger partial charge is 0.394 e. The number of nitrogens with one attached hydrogen (secondary N) is 17. The number of likely N-dealkylation sites (N-methyl/N-ethyl adjacent to an activating group) is 3. The van der Waals surface area contributed by atoms with Crippen molar-refractivity contribution in [3.8, 4) is 0 Å². The van der Waals surface area contributed by atoms with Gasteiger partial charge in [-0.15, -0.1) is 11.8 Å². The van der Waals surface area contributed by atoms with Gasteiger partial charge in [-0.1, -0.05) is 127 Å². The van der Waals surface area contributed by atoms with Gasteiger partial charge in [0.15, 0.2) is 5.96 Å². The molecule has 0 unspecified atom stereocenters. The molecule has 0 spiro atoms. The molecule has 17 amide bonds. The Morgan fingerprint density at radius 3 is 1.57 bits per heavy atom. The number of imidazole rings is 2. The Kier molecular flexibility index (Phi) is 41.0. The molecule has 2 fully saturated rings. The standard InChI is InChI=1S/C93H130N26O18S/c1-9-11-14-31-73-87(132)110-64(35-52(3)4)82(127)115-72(80(125)103-46-77(95)122)48-138-49-78(123)106-68(36-54-23-15-13-16-24-54)89(134)116(6)53(5)79(124)112-70(41-76(94)121)91(136)119-34-22-32-74(119)88(133)111-67(40-58-45-99-51-105-58)84(129)109-66(39-57-44-98-50-104-57)85(130)114-71(47-120)86(131)108-65(37-55-42-101-61-27-19-17-25-59(55)61)83(128)107-63(29-21-33-100-93(96)97)81(126)113-69(38-56-43-102-62-28-20-18-26-60(56)62)90(135)118(8)75(30-12-10-2)92(137)117(73)7/h13,15-20,23-28,42-45,50-53,63-75,101-102,120H,9-12,14,21-22,29-41,46-49H2,1-8H3,(H2,94,121)(H2,95,122)(H,98,104)(H,99,105)(H,103,125)(H,106,123)(H,107,128)(H,108,131)(H,109,129)(H,110,132)(H,111,133)(H,112,124)(H,113,126)(H,114,130)(H,115,127)(H4,96,97,100)/t53-,63-,64-,65-,66-,67-,68-,69-,70-,71-,72-,73-,74-,75-/m0/s1. The summed E-state index contributed by atoms with van der Waals surface area (Å²) in [6, 6.07) is 0.859. The van der Waals surface area contributed by atoms with Crippen LogP contribution >= 0.6 is 11.8 Å². The molecule has 24 N–H and O–H groups in total. The molecule has 0 bridgehead atoms. The molecule has 138 heavy (non-hydrogen) atoms. The van der Waals surface area contributed by atoms with Crippen LogP contribution < -0.4 is 81.0 Å². The Balaban J connectivity index is 1.12. The SMILES string of the molecule is CCCCC[C@H]1C(=O)N[C@@H](CC(C)C)C(=O)N[C@H](C(=O)NCC(N)=O)CSCC(=O)N[C@@H](Cc2ccccc2)C(=O)N(C)[C@@H](C)C(=O)N[C@@H](CC(N)=O)C(=O)N2CCC[C@H]2C(=O)N[C@@H](Cc2c[nH]cn2)C(=O)N[C@@H](Cc2c[nH]cn2)C(=O)N[C@@H](CO)C(=O)N[C@@H](Cc2c[nH]c3ccccc23)C(=O)N[C@@H](CCCNC(=N)N)C(=O)N[C@@H](Cc2c[nH]c3ccccc23)C(=O)N(C)[C@@H](CCCC)C(=O)N1C. The van der Waals surface area contributed by atoms with Gasteiger partial charge in [-0.2, -0.15) is 0 Å². The van der Waals surface area contributed by atoms with E-state index in [-0.39, 0.29) is 107 Å². The zero-order chi connectivity index (χ0) is 100. The van der Waals surface area contributed by atoms with Gasteiger partial charge in [0.05, 0.1) is 49.4 Å². The van der Waals surface area contributed by atoms with Crippen molar-refractivity contribution in [2.24, 2.45) is 23.1 Å². The van der Waals surface area contributed by atoms with Crippen molar-refractivity contribution in [2.75, 3.05) is 58.9 Å². The van der Waals surface area contributed by atoms with Crippen molar-refractivity contribution in [3.05, 3.63) is 144 Å². The highest BCUT2D eigenvalue weighted by Gasteiger charge is 2.44. The fraction of sp³-hybridized carbons (Fsp3) is 0.505. The maximum Gasteiger partial charge on any atom is 0.246 e. The van der Waals surface area contributed by atoms with E-state index >= 15 is 38.4 Å². The molecule has 4 aromatic heterocycles. The van der Waals surface area contributed by atoms with Crippen molar-refractivity contribution in [1.82, 2.24) is 113 Å². The topological polar surface area (TPSA) is 659 Å². The van der Waals surface area contributed by atoms with Crippen LogP contribution in [0.1, 0.15) is 146 Å². The molecule has 9 rings (SSSR count). The fourth-order valence-corrected chi connectivity index (χ4v) is 17.4. The lowest BCUT2D eigenvalue weighted by molar-refractivity contribution is -0.149. The second-order valence-electron chi connectivity index (χ2n) is 35.1. The number of thioether (sulfide) groups is 1. The highest BCUT2D eigenvalue weighted by molar-refractivity contribution is 8.00. The Morgan fingerprint density at radius 1 is 0.500 bits per heavy atom. The third kappa shape index (κ3) is 31.1. The number of H-pyrrole nitrogens is 4. The van der Waals surface area contributed by atoms with E-state index in [9.17, 15) is 48.3 Å². The first kappa shape index (κ1) is 107. The number of guanidine groups is 1. The normalized spacial score (nSPS) is 23.5. The number of aliphatic hydroxyl groups excluding tert-OH is 1. The van der Waals surface area contributed by atoms with Crippen LogP contribution in [0.4, 0.5) is 0 Å². The van der Waals surface area contributed by atoms with Crippen LogP contribution in [-0.2, 0) is 114 Å². The van der Waals surface area contributed by atoms with Gasteiger partial charge in [-0.05, 0) is 86.6 Å². The molecular weight excluding hydrogens is 1800 g/mol. The zero-order valence-corrected chi connectivity index (χ0v) is 79.6. The van der Waals surface area contributed by atoms with Gasteiger partial charge < -0.3 is 126 Å². The number of hydrogen-bond acceptors (Lipinski definition) is 22. The number of hydrogen-bond donors (Lipinski definition) is 21. The molecule has 0 saturated carbocycles. The number of carbonyl (C=O) groups is 17. The number of para-hydroxylation sites is 2. The molecule has 44 nitrogen and oxygen atoms in total. The van der Waals surface area contributed by atoms with Crippen LogP contribution in [-0.4, -0.2) is 304 Å². The molecule has 7 aromatic rings. The van der Waals surface area contributed by atoms with Gasteiger partial charge in [0, 0.05) is 119 Å². The molecule has 6 heterocycles. The van der Waals surface area contributed by atoms with Crippen molar-refractivity contribution in [3.63, 3.8) is 0 Å². The Bertz CT molecular complexity index is 5380. The van der Waals surface area contributed by atoms with E-state index in [2.05, 4.69) is 93.7 Å². The quantitative estimate of drug-likeness (QED) is 0.0140. The summed E-state index contributed by atoms with van der Waals surface area (Å²) in [7, 11) is 4.04. The number of unbranched alkanes of at least 4 members (excludes halogenated alkanes) is 3. The first-order valence-electron chi connectivity index (χ1n) is 46.3. The Morgan fingerprint density at radius 2 is 1.00 bits per heavy atom. The fourth-order valence-electron chi connectivity index (χ4n) is 16.6. The van der Waals surface area contributed by atoms with Crippen LogP contribution in [0, 0.1) is 11.3 Å². The number of carbonyl (C=O) groups excluding carboxylic acids is 17. The van der Waals surface area contributed by atoms with Crippen LogP contribution in [0.15, 0.2) is 116 Å². The maximum atomic E-state index is 16.0. The number of fused-ring (bicyclic) bond motifs is 3. The molecule has 2 saturated heterocycles. The van der Waals surface area contributed by atoms with Crippen LogP contribution in [0.5, 0.6) is 0 Å². The summed E-state index contributed by atoms with van der Waals surface area (Å²) in [4.78, 5) is 276. The Labute approximate surface area is 802 Å². The number of aromatic nitrogens is 6. The second-order valence-corrected chi connectivity index (χ2v) is 36.1. The van der Waals surface area contributed by atoms with Crippen molar-refractivity contribution in [2.45, 2.75) is 235 Å². The highest BCUT2D eigenvalue weighted by atomic mass is 32.2. The molecule has 0 aliphatic carbocycles. The minimum absolute atomic E-state index is 0.0192. The third-order valence-corrected chi connectivity index (χ3v) is 25.3. The zero-order valence-electron chi connectivity index (χ0n) is 78.8. The minimum atomic E-state index is -1.93. The lowest BCUT2D eigenvalue weighted by Crippen LogP contribution is -2.62. The Hall–Kier alpha value is -14.3. The van der Waals surface area contributed by atoms with Gasteiger partial charge in [0.2, 0.25) is 100 Å². The van der Waals surface area contributed by atoms with Gasteiger partial charge in [0.25, 0.3) is 0 Å². The van der Waals surface area contributed by atoms with E-state index in [1.165, 1.54) is 62.9 Å². The predicted octanol–water partition coefficient (Wildman–Crippen LogP) is -1.76. The number of benzene rings is 3. The molecule has 2 aliphatic rings. The minimum Gasteiger partial charge on any atom is -0.394 e. The number of nitrogens with two attached hydrogens (primary N) is 3. The number of amides is 17. The van der Waals surface area contributed by atoms with Crippen LogP contribution in [0.3, 0.4) is 0 Å². The molecule has 746 valence electrons. The van der Waals surface area contributed by atoms with Gasteiger partial charge >= 0.3 is 0 Å². The smallest absolute Gasteiger partial charge is 0.246 e. The van der Waals surface area contributed by atoms with Crippen LogP contribution in [0.2, 0.25) is 0 Å². The molecular formula is C93H130N26O18S. The van der Waals surface area contributed by atoms with Gasteiger partial charge in [0.1, 0.15) is 84.6 Å². The summed E-state index contributed by atoms with van der Waals surface area (Å²) in [6.07, 6.45) is 8.88. The number of primary amides is 2. The summed E-state index contributed by atoms with van der Waals surface area (Å²) in [5.41, 5.74) is 20.2. The average Bonchev–Trinajstić information content (AvgIpc) is 1.85. The monoisotopic (exact) mass is 1930 g/mol. The third-order valence-electron chi connectivity index (χ3n) is 24.2. The number of aliphatic hydroxyl groups is 1. The van der Waals surface area contributed by atoms with Crippen molar-refractivity contribution < 1.29 is 86.6 Å². The second kappa shape index (κ2) is 52.7. The summed E-state index contributed by atoms with van der Waals surface area (Å²) in [5, 5.41) is 52.5. The average molecular weight is 1930 g/mol. The first-order valence-corrected chi connectivity index (χ1v) is 47.5. The molecule has 2 aliphatic heterocycles. The number of nitrogens with zero attached hydrogens (tertiary/aromatic N) is 6. The lowest BCUT2D eigenvalue weighted by Gasteiger charge is -2.36. The molecule has 3 aromatic carbocycles. The van der Waals surface area contributed by atoms with Gasteiger partial charge in [-0.25, -0.2) is 9.97 Å².